The van der Waals surface area contributed by atoms with Crippen LogP contribution in [0.25, 0.3) is 0 Å². The largest absolute Gasteiger partial charge is 0.342 e. The summed E-state index contributed by atoms with van der Waals surface area (Å²) in [7, 11) is -4.03. The van der Waals surface area contributed by atoms with Crippen LogP contribution in [0.4, 0.5) is 0 Å². The molecule has 0 aromatic carbocycles. The van der Waals surface area contributed by atoms with Gasteiger partial charge in [0.2, 0.25) is 0 Å². The molecule has 50 valence electrons. The number of hydrogen-bond donors (Lipinski definition) is 3. The predicted octanol–water partition coefficient (Wildman–Crippen LogP) is -0.156. The molecule has 0 saturated carbocycles. The average molecular weight is 204 g/mol. The number of nitrogens with two attached hydrogens (primary N) is 1. The Hall–Kier alpha value is 0.590. The number of hydrogen-bond acceptors (Lipinski definition) is 2. The van der Waals surface area contributed by atoms with Gasteiger partial charge < -0.3 is 15.5 Å². The normalized spacial score (nSPS) is 16.0. The lowest BCUT2D eigenvalue weighted by molar-refractivity contribution is 0.362. The molecule has 1 unspecified atom stereocenters. The molecule has 0 radical (unpaired) electrons. The maximum atomic E-state index is 10.1. The third-order valence-corrected chi connectivity index (χ3v) is 2.83. The van der Waals surface area contributed by atoms with Crippen LogP contribution in [-0.4, -0.2) is 20.9 Å². The number of alkyl halides is 1. The van der Waals surface area contributed by atoms with Crippen molar-refractivity contribution in [1.82, 2.24) is 0 Å². The summed E-state index contributed by atoms with van der Waals surface area (Å²) in [6.07, 6.45) is 0. The standard InChI is InChI=1S/C2H7BrNO3P/c3-1-2(4)8(5,6)7/h2H,1,4H2,(H2,5,6,7). The van der Waals surface area contributed by atoms with Crippen LogP contribution in [0.5, 0.6) is 0 Å². The van der Waals surface area contributed by atoms with Crippen LogP contribution >= 0.6 is 23.5 Å². The molecule has 0 amide bonds. The second kappa shape index (κ2) is 2.94. The third-order valence-electron chi connectivity index (χ3n) is 0.590. The molecule has 0 aliphatic rings. The average Bonchev–Trinajstić information content (AvgIpc) is 1.62. The summed E-state index contributed by atoms with van der Waals surface area (Å²) in [6.45, 7) is 0. The Morgan fingerprint density at radius 2 is 2.12 bits per heavy atom. The second-order valence-corrected chi connectivity index (χ2v) is 3.80. The quantitative estimate of drug-likeness (QED) is 0.431. The van der Waals surface area contributed by atoms with Gasteiger partial charge in [0.15, 0.2) is 0 Å². The van der Waals surface area contributed by atoms with Crippen molar-refractivity contribution in [2.45, 2.75) is 5.78 Å². The van der Waals surface area contributed by atoms with Crippen molar-refractivity contribution >= 4 is 23.5 Å². The fourth-order valence-electron chi connectivity index (χ4n) is 0.0899. The molecular formula is C2H7BrNO3P. The monoisotopic (exact) mass is 203 g/mol. The topological polar surface area (TPSA) is 83.6 Å². The van der Waals surface area contributed by atoms with E-state index >= 15 is 0 Å². The Bertz CT molecular complexity index is 112. The van der Waals surface area contributed by atoms with E-state index < -0.39 is 13.4 Å². The smallest absolute Gasteiger partial charge is 0.323 e. The zero-order chi connectivity index (χ0) is 6.78. The Kier molecular flexibility index (Phi) is 3.16. The first kappa shape index (κ1) is 8.59. The highest BCUT2D eigenvalue weighted by molar-refractivity contribution is 9.09. The van der Waals surface area contributed by atoms with Crippen molar-refractivity contribution in [1.29, 1.82) is 0 Å². The van der Waals surface area contributed by atoms with E-state index in [4.69, 9.17) is 15.5 Å². The molecule has 4 nitrogen and oxygen atoms in total. The lowest BCUT2D eigenvalue weighted by Gasteiger charge is -2.07. The Morgan fingerprint density at radius 3 is 2.12 bits per heavy atom. The maximum absolute atomic E-state index is 10.1. The Labute approximate surface area is 55.4 Å². The van der Waals surface area contributed by atoms with E-state index in [1.54, 1.807) is 0 Å². The molecule has 0 saturated heterocycles. The minimum atomic E-state index is -4.03. The molecule has 4 N–H and O–H groups in total. The van der Waals surface area contributed by atoms with Gasteiger partial charge >= 0.3 is 7.60 Å². The summed E-state index contributed by atoms with van der Waals surface area (Å²) in [5, 5.41) is 0.122. The molecule has 0 fully saturated rings. The summed E-state index contributed by atoms with van der Waals surface area (Å²) in [6, 6.07) is 0. The van der Waals surface area contributed by atoms with Gasteiger partial charge in [0.05, 0.1) is 0 Å². The molecule has 0 spiro atoms. The molecular weight excluding hydrogens is 197 g/mol. The van der Waals surface area contributed by atoms with Crippen molar-refractivity contribution in [3.8, 4) is 0 Å². The highest BCUT2D eigenvalue weighted by atomic mass is 79.9. The first-order chi connectivity index (χ1) is 3.48. The van der Waals surface area contributed by atoms with Gasteiger partial charge in [-0.15, -0.1) is 0 Å². The van der Waals surface area contributed by atoms with Crippen molar-refractivity contribution in [2.24, 2.45) is 5.73 Å². The molecule has 0 aromatic heterocycles. The Morgan fingerprint density at radius 1 is 1.75 bits per heavy atom. The van der Waals surface area contributed by atoms with E-state index in [1.807, 2.05) is 0 Å². The van der Waals surface area contributed by atoms with Crippen LogP contribution in [-0.2, 0) is 4.57 Å². The Balaban J connectivity index is 3.82. The first-order valence-corrected chi connectivity index (χ1v) is 4.65. The fraction of sp³-hybridized carbons (Fsp3) is 1.00. The van der Waals surface area contributed by atoms with Gasteiger partial charge in [-0.05, 0) is 0 Å². The van der Waals surface area contributed by atoms with Crippen LogP contribution in [0.3, 0.4) is 0 Å². The van der Waals surface area contributed by atoms with Gasteiger partial charge in [-0.2, -0.15) is 0 Å². The van der Waals surface area contributed by atoms with E-state index in [0.717, 1.165) is 0 Å². The lowest BCUT2D eigenvalue weighted by Crippen LogP contribution is -2.20. The van der Waals surface area contributed by atoms with Crippen LogP contribution in [0.2, 0.25) is 0 Å². The maximum Gasteiger partial charge on any atom is 0.342 e. The summed E-state index contributed by atoms with van der Waals surface area (Å²) in [5.41, 5.74) is 4.94. The molecule has 0 aliphatic heterocycles. The van der Waals surface area contributed by atoms with Gasteiger partial charge in [-0.1, -0.05) is 15.9 Å². The van der Waals surface area contributed by atoms with E-state index in [2.05, 4.69) is 15.9 Å². The fourth-order valence-corrected chi connectivity index (χ4v) is 1.40. The molecule has 0 heterocycles. The molecule has 0 aromatic rings. The summed E-state index contributed by atoms with van der Waals surface area (Å²) < 4.78 is 10.1. The van der Waals surface area contributed by atoms with Gasteiger partial charge in [0, 0.05) is 5.33 Å². The zero-order valence-electron chi connectivity index (χ0n) is 3.99. The van der Waals surface area contributed by atoms with E-state index in [0.29, 0.717) is 0 Å². The second-order valence-electron chi connectivity index (χ2n) is 1.31. The van der Waals surface area contributed by atoms with Gasteiger partial charge in [-0.3, -0.25) is 4.57 Å². The van der Waals surface area contributed by atoms with Crippen molar-refractivity contribution in [2.75, 3.05) is 5.33 Å². The summed E-state index contributed by atoms with van der Waals surface area (Å²) >= 11 is 2.83. The first-order valence-electron chi connectivity index (χ1n) is 1.85. The van der Waals surface area contributed by atoms with Gasteiger partial charge in [0.25, 0.3) is 0 Å². The van der Waals surface area contributed by atoms with Crippen molar-refractivity contribution in [3.63, 3.8) is 0 Å². The van der Waals surface area contributed by atoms with E-state index in [-0.39, 0.29) is 5.33 Å². The summed E-state index contributed by atoms with van der Waals surface area (Å²) in [4.78, 5) is 16.5. The minimum absolute atomic E-state index is 0.122. The van der Waals surface area contributed by atoms with Crippen LogP contribution in [0, 0.1) is 0 Å². The van der Waals surface area contributed by atoms with E-state index in [1.165, 1.54) is 0 Å². The minimum Gasteiger partial charge on any atom is -0.323 e. The highest BCUT2D eigenvalue weighted by Crippen LogP contribution is 2.38. The molecule has 0 aliphatic carbocycles. The number of rotatable bonds is 2. The summed E-state index contributed by atoms with van der Waals surface area (Å²) in [5.74, 6) is -1.07. The molecule has 6 heteroatoms. The molecule has 8 heavy (non-hydrogen) atoms. The lowest BCUT2D eigenvalue weighted by atomic mass is 10.8. The molecule has 0 rings (SSSR count). The molecule has 0 bridgehead atoms. The molecule has 1 atom stereocenters. The van der Waals surface area contributed by atoms with Gasteiger partial charge in [-0.25, -0.2) is 0 Å². The van der Waals surface area contributed by atoms with Crippen molar-refractivity contribution < 1.29 is 14.4 Å². The zero-order valence-corrected chi connectivity index (χ0v) is 6.47. The SMILES string of the molecule is NC(CBr)P(=O)(O)O. The van der Waals surface area contributed by atoms with Crippen molar-refractivity contribution in [3.05, 3.63) is 0 Å². The predicted molar refractivity (Wildman–Crippen MR) is 33.8 cm³/mol. The third kappa shape index (κ3) is 2.79. The van der Waals surface area contributed by atoms with Crippen LogP contribution in [0.15, 0.2) is 0 Å². The van der Waals surface area contributed by atoms with Gasteiger partial charge in [0.1, 0.15) is 5.78 Å². The van der Waals surface area contributed by atoms with Crippen LogP contribution < -0.4 is 5.73 Å². The highest BCUT2D eigenvalue weighted by Gasteiger charge is 2.22. The van der Waals surface area contributed by atoms with Crippen LogP contribution in [0.1, 0.15) is 0 Å². The number of halogens is 1. The van der Waals surface area contributed by atoms with E-state index in [9.17, 15) is 4.57 Å².